The van der Waals surface area contributed by atoms with Crippen LogP contribution in [0, 0.1) is 5.92 Å². The molecule has 0 bridgehead atoms. The fraction of sp³-hybridized carbons (Fsp3) is 0.421. The summed E-state index contributed by atoms with van der Waals surface area (Å²) in [6.07, 6.45) is 3.54. The number of carbonyl (C=O) groups is 1. The SMILES string of the molecule is CN(Cc1nc2ccsc2c(=O)[nH]1)C(=O)C1CCCN(Cc2ccco2)C1. The molecule has 0 spiro atoms. The van der Waals surface area contributed by atoms with E-state index < -0.39 is 0 Å². The maximum Gasteiger partial charge on any atom is 0.268 e. The molecule has 0 radical (unpaired) electrons. The number of fused-ring (bicyclic) bond motifs is 1. The van der Waals surface area contributed by atoms with E-state index in [1.807, 2.05) is 23.6 Å². The number of H-pyrrole nitrogens is 1. The van der Waals surface area contributed by atoms with Crippen LogP contribution >= 0.6 is 11.3 Å². The van der Waals surface area contributed by atoms with E-state index >= 15 is 0 Å². The molecule has 1 saturated heterocycles. The van der Waals surface area contributed by atoms with E-state index in [1.54, 1.807) is 18.2 Å². The summed E-state index contributed by atoms with van der Waals surface area (Å²) < 4.78 is 6.04. The Hall–Kier alpha value is -2.45. The Morgan fingerprint density at radius 2 is 2.37 bits per heavy atom. The molecule has 3 aromatic heterocycles. The molecule has 27 heavy (non-hydrogen) atoms. The van der Waals surface area contributed by atoms with E-state index in [1.165, 1.54) is 11.3 Å². The second kappa shape index (κ2) is 7.66. The minimum atomic E-state index is -0.145. The Morgan fingerprint density at radius 1 is 1.48 bits per heavy atom. The van der Waals surface area contributed by atoms with Gasteiger partial charge in [-0.25, -0.2) is 4.98 Å². The molecule has 0 saturated carbocycles. The number of nitrogens with one attached hydrogen (secondary N) is 1. The van der Waals surface area contributed by atoms with Crippen molar-refractivity contribution in [3.05, 3.63) is 51.8 Å². The van der Waals surface area contributed by atoms with E-state index in [0.717, 1.165) is 38.2 Å². The average Bonchev–Trinajstić information content (AvgIpc) is 3.33. The zero-order valence-electron chi connectivity index (χ0n) is 15.2. The molecule has 4 heterocycles. The highest BCUT2D eigenvalue weighted by molar-refractivity contribution is 7.17. The van der Waals surface area contributed by atoms with E-state index in [4.69, 9.17) is 4.42 Å². The molecular formula is C19H22N4O3S. The van der Waals surface area contributed by atoms with Crippen molar-refractivity contribution in [2.24, 2.45) is 5.92 Å². The summed E-state index contributed by atoms with van der Waals surface area (Å²) in [7, 11) is 1.77. The van der Waals surface area contributed by atoms with E-state index in [2.05, 4.69) is 14.9 Å². The third-order valence-corrected chi connectivity index (χ3v) is 5.84. The number of piperidine rings is 1. The maximum atomic E-state index is 12.9. The van der Waals surface area contributed by atoms with Crippen LogP contribution < -0.4 is 5.56 Å². The molecule has 1 N–H and O–H groups in total. The third kappa shape index (κ3) is 3.96. The molecule has 1 atom stereocenters. The number of aromatic nitrogens is 2. The van der Waals surface area contributed by atoms with Gasteiger partial charge in [0, 0.05) is 13.6 Å². The molecule has 142 valence electrons. The number of aromatic amines is 1. The molecule has 7 nitrogen and oxygen atoms in total. The van der Waals surface area contributed by atoms with Gasteiger partial charge in [-0.15, -0.1) is 11.3 Å². The van der Waals surface area contributed by atoms with Gasteiger partial charge in [0.1, 0.15) is 16.3 Å². The molecule has 4 rings (SSSR count). The fourth-order valence-electron chi connectivity index (χ4n) is 3.63. The molecule has 0 aromatic carbocycles. The number of nitrogens with zero attached hydrogens (tertiary/aromatic N) is 3. The van der Waals surface area contributed by atoms with Crippen molar-refractivity contribution in [2.45, 2.75) is 25.9 Å². The Morgan fingerprint density at radius 3 is 3.19 bits per heavy atom. The number of likely N-dealkylation sites (tertiary alicyclic amines) is 1. The lowest BCUT2D eigenvalue weighted by molar-refractivity contribution is -0.136. The molecule has 0 aliphatic carbocycles. The molecule has 8 heteroatoms. The standard InChI is InChI=1S/C19H22N4O3S/c1-22(12-16-20-15-6-9-27-17(15)18(24)21-16)19(25)13-4-2-7-23(10-13)11-14-5-3-8-26-14/h3,5-6,8-9,13H,2,4,7,10-12H2,1H3,(H,20,21,24). The van der Waals surface area contributed by atoms with Crippen molar-refractivity contribution in [1.82, 2.24) is 19.8 Å². The molecule has 1 aliphatic heterocycles. The number of furan rings is 1. The lowest BCUT2D eigenvalue weighted by Gasteiger charge is -2.33. The predicted octanol–water partition coefficient (Wildman–Crippen LogP) is 2.45. The first-order valence-electron chi connectivity index (χ1n) is 9.06. The molecule has 1 unspecified atom stereocenters. The topological polar surface area (TPSA) is 82.4 Å². The van der Waals surface area contributed by atoms with E-state index in [-0.39, 0.29) is 17.4 Å². The number of carbonyl (C=O) groups excluding carboxylic acids is 1. The van der Waals surface area contributed by atoms with Gasteiger partial charge in [-0.05, 0) is 43.0 Å². The van der Waals surface area contributed by atoms with Gasteiger partial charge in [-0.1, -0.05) is 0 Å². The van der Waals surface area contributed by atoms with Gasteiger partial charge in [0.25, 0.3) is 5.56 Å². The molecular weight excluding hydrogens is 364 g/mol. The first-order chi connectivity index (χ1) is 13.1. The van der Waals surface area contributed by atoms with Crippen LogP contribution in [0.25, 0.3) is 10.2 Å². The zero-order chi connectivity index (χ0) is 18.8. The number of hydrogen-bond donors (Lipinski definition) is 1. The maximum absolute atomic E-state index is 12.9. The number of thiophene rings is 1. The first kappa shape index (κ1) is 17.9. The van der Waals surface area contributed by atoms with E-state index in [0.29, 0.717) is 22.6 Å². The van der Waals surface area contributed by atoms with Crippen LogP contribution in [-0.2, 0) is 17.9 Å². The van der Waals surface area contributed by atoms with Crippen LogP contribution in [0.1, 0.15) is 24.4 Å². The Balaban J connectivity index is 1.41. The smallest absolute Gasteiger partial charge is 0.268 e. The van der Waals surface area contributed by atoms with Crippen molar-refractivity contribution >= 4 is 27.5 Å². The van der Waals surface area contributed by atoms with Crippen molar-refractivity contribution < 1.29 is 9.21 Å². The minimum Gasteiger partial charge on any atom is -0.468 e. The number of hydrogen-bond acceptors (Lipinski definition) is 6. The van der Waals surface area contributed by atoms with Crippen molar-refractivity contribution in [3.63, 3.8) is 0 Å². The predicted molar refractivity (Wildman–Crippen MR) is 103 cm³/mol. The molecule has 1 fully saturated rings. The number of amides is 1. The summed E-state index contributed by atoms with van der Waals surface area (Å²) in [5, 5.41) is 1.85. The normalized spacial score (nSPS) is 18.0. The Kier molecular flexibility index (Phi) is 5.09. The quantitative estimate of drug-likeness (QED) is 0.728. The van der Waals surface area contributed by atoms with E-state index in [9.17, 15) is 9.59 Å². The van der Waals surface area contributed by atoms with Crippen LogP contribution in [-0.4, -0.2) is 45.8 Å². The third-order valence-electron chi connectivity index (χ3n) is 4.94. The monoisotopic (exact) mass is 386 g/mol. The van der Waals surface area contributed by atoms with Gasteiger partial charge >= 0.3 is 0 Å². The van der Waals surface area contributed by atoms with Gasteiger partial charge in [-0.2, -0.15) is 0 Å². The van der Waals surface area contributed by atoms with Gasteiger partial charge in [0.15, 0.2) is 0 Å². The highest BCUT2D eigenvalue weighted by atomic mass is 32.1. The van der Waals surface area contributed by atoms with Crippen LogP contribution in [0.3, 0.4) is 0 Å². The lowest BCUT2D eigenvalue weighted by Crippen LogP contribution is -2.43. The number of rotatable bonds is 5. The van der Waals surface area contributed by atoms with Crippen LogP contribution in [0.4, 0.5) is 0 Å². The van der Waals surface area contributed by atoms with Crippen LogP contribution in [0.15, 0.2) is 39.1 Å². The summed E-state index contributed by atoms with van der Waals surface area (Å²) in [5.74, 6) is 1.48. The highest BCUT2D eigenvalue weighted by Crippen LogP contribution is 2.21. The fourth-order valence-corrected chi connectivity index (χ4v) is 4.36. The first-order valence-corrected chi connectivity index (χ1v) is 9.94. The molecule has 3 aromatic rings. The zero-order valence-corrected chi connectivity index (χ0v) is 16.0. The Labute approximate surface area is 160 Å². The Bertz CT molecular complexity index is 978. The summed E-state index contributed by atoms with van der Waals surface area (Å²) in [4.78, 5) is 36.2. The van der Waals surface area contributed by atoms with Gasteiger partial charge in [0.05, 0.1) is 30.8 Å². The van der Waals surface area contributed by atoms with Crippen molar-refractivity contribution in [1.29, 1.82) is 0 Å². The van der Waals surface area contributed by atoms with Gasteiger partial charge in [-0.3, -0.25) is 14.5 Å². The van der Waals surface area contributed by atoms with Gasteiger partial charge in [0.2, 0.25) is 5.91 Å². The second-order valence-electron chi connectivity index (χ2n) is 7.00. The highest BCUT2D eigenvalue weighted by Gasteiger charge is 2.28. The lowest BCUT2D eigenvalue weighted by atomic mass is 9.96. The summed E-state index contributed by atoms with van der Waals surface area (Å²) in [6, 6.07) is 5.67. The minimum absolute atomic E-state index is 0.0460. The van der Waals surface area contributed by atoms with Crippen LogP contribution in [0.2, 0.25) is 0 Å². The summed E-state index contributed by atoms with van der Waals surface area (Å²) >= 11 is 1.37. The van der Waals surface area contributed by atoms with Crippen molar-refractivity contribution in [2.75, 3.05) is 20.1 Å². The second-order valence-corrected chi connectivity index (χ2v) is 7.91. The van der Waals surface area contributed by atoms with Gasteiger partial charge < -0.3 is 14.3 Å². The van der Waals surface area contributed by atoms with Crippen LogP contribution in [0.5, 0.6) is 0 Å². The molecule has 1 amide bonds. The van der Waals surface area contributed by atoms with Crippen molar-refractivity contribution in [3.8, 4) is 0 Å². The summed E-state index contributed by atoms with van der Waals surface area (Å²) in [6.45, 7) is 2.72. The average molecular weight is 386 g/mol. The molecule has 1 aliphatic rings. The largest absolute Gasteiger partial charge is 0.468 e. The summed E-state index contributed by atoms with van der Waals surface area (Å²) in [5.41, 5.74) is 0.537.